The molecule has 0 saturated carbocycles. The Balaban J connectivity index is 1.57. The fraction of sp³-hybridized carbons (Fsp3) is 0.346. The Hall–Kier alpha value is -3.33. The molecule has 0 spiro atoms. The molecule has 0 radical (unpaired) electrons. The number of alkyl halides is 3. The number of fused-ring (bicyclic) bond motifs is 1. The van der Waals surface area contributed by atoms with Crippen LogP contribution in [0.25, 0.3) is 0 Å². The molecule has 10 heteroatoms. The number of carbonyl (C=O) groups is 2. The first-order valence-electron chi connectivity index (χ1n) is 11.7. The summed E-state index contributed by atoms with van der Waals surface area (Å²) in [6.45, 7) is -0.410. The van der Waals surface area contributed by atoms with E-state index in [4.69, 9.17) is 11.6 Å². The van der Waals surface area contributed by atoms with E-state index in [1.807, 2.05) is 6.07 Å². The molecule has 36 heavy (non-hydrogen) atoms. The lowest BCUT2D eigenvalue weighted by Gasteiger charge is -2.25. The Bertz CT molecular complexity index is 1240. The van der Waals surface area contributed by atoms with Gasteiger partial charge in [-0.3, -0.25) is 14.3 Å². The van der Waals surface area contributed by atoms with Crippen molar-refractivity contribution < 1.29 is 22.8 Å². The second-order valence-electron chi connectivity index (χ2n) is 8.82. The number of nitrogens with one attached hydrogen (secondary N) is 1. The third-order valence-corrected chi connectivity index (χ3v) is 6.49. The van der Waals surface area contributed by atoms with Crippen LogP contribution in [0.15, 0.2) is 54.6 Å². The van der Waals surface area contributed by atoms with E-state index in [2.05, 4.69) is 10.4 Å². The van der Waals surface area contributed by atoms with Crippen molar-refractivity contribution in [2.45, 2.75) is 50.9 Å². The molecule has 1 aromatic heterocycles. The van der Waals surface area contributed by atoms with Gasteiger partial charge in [-0.05, 0) is 55.5 Å². The van der Waals surface area contributed by atoms with Gasteiger partial charge >= 0.3 is 6.18 Å². The molecule has 0 saturated heterocycles. The molecule has 6 nitrogen and oxygen atoms in total. The predicted molar refractivity (Wildman–Crippen MR) is 131 cm³/mol. The summed E-state index contributed by atoms with van der Waals surface area (Å²) in [7, 11) is 1.61. The minimum Gasteiger partial charge on any atom is -0.342 e. The second-order valence-corrected chi connectivity index (χ2v) is 9.26. The lowest BCUT2D eigenvalue weighted by Crippen LogP contribution is -2.49. The molecule has 1 N–H and O–H groups in total. The molecule has 0 fully saturated rings. The molecular formula is C26H26ClF3N4O2. The molecule has 1 aliphatic rings. The molecule has 0 bridgehead atoms. The van der Waals surface area contributed by atoms with Crippen LogP contribution in [0.5, 0.6) is 0 Å². The zero-order valence-corrected chi connectivity index (χ0v) is 20.4. The number of para-hydroxylation sites is 1. The average Bonchev–Trinajstić information content (AvgIpc) is 3.22. The van der Waals surface area contributed by atoms with E-state index in [1.165, 1.54) is 4.90 Å². The molecule has 2 aromatic carbocycles. The van der Waals surface area contributed by atoms with Crippen LogP contribution in [0, 0.1) is 0 Å². The quantitative estimate of drug-likeness (QED) is 0.487. The topological polar surface area (TPSA) is 67.2 Å². The van der Waals surface area contributed by atoms with Crippen molar-refractivity contribution in [3.05, 3.63) is 82.1 Å². The highest BCUT2D eigenvalue weighted by atomic mass is 35.5. The first kappa shape index (κ1) is 25.8. The Morgan fingerprint density at radius 1 is 1.11 bits per heavy atom. The van der Waals surface area contributed by atoms with E-state index in [1.54, 1.807) is 55.6 Å². The number of anilines is 1. The highest BCUT2D eigenvalue weighted by Crippen LogP contribution is 2.35. The maximum atomic E-state index is 13.5. The second kappa shape index (κ2) is 10.7. The number of hydrogen-bond acceptors (Lipinski definition) is 3. The fourth-order valence-electron chi connectivity index (χ4n) is 4.52. The van der Waals surface area contributed by atoms with Gasteiger partial charge in [0.05, 0.1) is 0 Å². The summed E-state index contributed by atoms with van der Waals surface area (Å²) in [5.74, 6) is -0.963. The fourth-order valence-corrected chi connectivity index (χ4v) is 4.73. The van der Waals surface area contributed by atoms with Gasteiger partial charge in [0.25, 0.3) is 0 Å². The summed E-state index contributed by atoms with van der Waals surface area (Å²) in [6.07, 6.45) is -2.35. The van der Waals surface area contributed by atoms with Gasteiger partial charge in [0.2, 0.25) is 11.8 Å². The van der Waals surface area contributed by atoms with E-state index in [-0.39, 0.29) is 24.3 Å². The molecule has 1 aliphatic carbocycles. The number of benzene rings is 2. The van der Waals surface area contributed by atoms with E-state index >= 15 is 0 Å². The van der Waals surface area contributed by atoms with Crippen molar-refractivity contribution in [1.29, 1.82) is 0 Å². The molecular weight excluding hydrogens is 493 g/mol. The Morgan fingerprint density at radius 2 is 1.83 bits per heavy atom. The van der Waals surface area contributed by atoms with Crippen LogP contribution in [0.3, 0.4) is 0 Å². The minimum absolute atomic E-state index is 0.160. The molecule has 1 atom stereocenters. The Labute approximate surface area is 212 Å². The van der Waals surface area contributed by atoms with Crippen LogP contribution in [0.1, 0.15) is 35.4 Å². The molecule has 4 rings (SSSR count). The minimum atomic E-state index is -4.59. The summed E-state index contributed by atoms with van der Waals surface area (Å²) in [6, 6.07) is 14.9. The largest absolute Gasteiger partial charge is 0.435 e. The number of nitrogens with zero attached hydrogens (tertiary/aromatic N) is 3. The third kappa shape index (κ3) is 5.90. The summed E-state index contributed by atoms with van der Waals surface area (Å²) < 4.78 is 41.7. The zero-order valence-electron chi connectivity index (χ0n) is 19.7. The number of carbonyl (C=O) groups excluding carboxylic acids is 2. The highest BCUT2D eigenvalue weighted by Gasteiger charge is 2.39. The first-order chi connectivity index (χ1) is 17.1. The standard InChI is InChI=1S/C26H26ClF3N4O2/c1-33(19-10-3-2-4-11-19)25(36)21(15-17-8-7-9-18(27)14-17)31-23(35)16-34-22-13-6-5-12-20(22)24(32-34)26(28,29)30/h2-4,7-11,14,21H,5-6,12-13,15-16H2,1H3,(H,31,35)/t21-/m0/s1. The summed E-state index contributed by atoms with van der Waals surface area (Å²) in [4.78, 5) is 27.9. The summed E-state index contributed by atoms with van der Waals surface area (Å²) >= 11 is 6.10. The monoisotopic (exact) mass is 518 g/mol. The normalized spacial score (nSPS) is 14.1. The van der Waals surface area contributed by atoms with Crippen LogP contribution in [0.4, 0.5) is 18.9 Å². The number of aromatic nitrogens is 2. The van der Waals surface area contributed by atoms with Crippen LogP contribution in [-0.4, -0.2) is 34.7 Å². The SMILES string of the molecule is CN(C(=O)[C@H](Cc1cccc(Cl)c1)NC(=O)Cn1nc(C(F)(F)F)c2c1CCCC2)c1ccccc1. The van der Waals surface area contributed by atoms with Gasteiger partial charge in [-0.15, -0.1) is 0 Å². The van der Waals surface area contributed by atoms with Crippen molar-refractivity contribution in [3.63, 3.8) is 0 Å². The van der Waals surface area contributed by atoms with E-state index < -0.39 is 30.4 Å². The number of rotatable bonds is 7. The van der Waals surface area contributed by atoms with Crippen molar-refractivity contribution in [3.8, 4) is 0 Å². The number of hydrogen-bond donors (Lipinski definition) is 1. The molecule has 1 heterocycles. The van der Waals surface area contributed by atoms with Gasteiger partial charge < -0.3 is 10.2 Å². The molecule has 190 valence electrons. The van der Waals surface area contributed by atoms with Gasteiger partial charge in [0.15, 0.2) is 5.69 Å². The van der Waals surface area contributed by atoms with Crippen molar-refractivity contribution in [2.24, 2.45) is 0 Å². The average molecular weight is 519 g/mol. The van der Waals surface area contributed by atoms with Crippen LogP contribution in [-0.2, 0) is 41.6 Å². The van der Waals surface area contributed by atoms with E-state index in [0.29, 0.717) is 29.2 Å². The number of halogens is 4. The van der Waals surface area contributed by atoms with E-state index in [9.17, 15) is 22.8 Å². The summed E-state index contributed by atoms with van der Waals surface area (Å²) in [5, 5.41) is 6.97. The van der Waals surface area contributed by atoms with Gasteiger partial charge in [-0.2, -0.15) is 18.3 Å². The first-order valence-corrected chi connectivity index (χ1v) is 12.0. The smallest absolute Gasteiger partial charge is 0.342 e. The van der Waals surface area contributed by atoms with Gasteiger partial charge in [0, 0.05) is 35.4 Å². The summed E-state index contributed by atoms with van der Waals surface area (Å²) in [5.41, 5.74) is 1.04. The van der Waals surface area contributed by atoms with Crippen molar-refractivity contribution >= 4 is 29.1 Å². The van der Waals surface area contributed by atoms with Gasteiger partial charge in [-0.1, -0.05) is 41.9 Å². The molecule has 0 unspecified atom stereocenters. The maximum Gasteiger partial charge on any atom is 0.435 e. The number of likely N-dealkylation sites (N-methyl/N-ethyl adjacent to an activating group) is 1. The molecule has 3 aromatic rings. The maximum absolute atomic E-state index is 13.5. The molecule has 2 amide bonds. The number of amides is 2. The van der Waals surface area contributed by atoms with Gasteiger partial charge in [0.1, 0.15) is 12.6 Å². The zero-order chi connectivity index (χ0) is 25.9. The Kier molecular flexibility index (Phi) is 7.68. The van der Waals surface area contributed by atoms with E-state index in [0.717, 1.165) is 16.7 Å². The third-order valence-electron chi connectivity index (χ3n) is 6.25. The van der Waals surface area contributed by atoms with Crippen LogP contribution >= 0.6 is 11.6 Å². The van der Waals surface area contributed by atoms with Crippen molar-refractivity contribution in [1.82, 2.24) is 15.1 Å². The lowest BCUT2D eigenvalue weighted by molar-refractivity contribution is -0.142. The van der Waals surface area contributed by atoms with Crippen molar-refractivity contribution in [2.75, 3.05) is 11.9 Å². The Morgan fingerprint density at radius 3 is 2.53 bits per heavy atom. The molecule has 0 aliphatic heterocycles. The lowest BCUT2D eigenvalue weighted by atomic mass is 9.95. The van der Waals surface area contributed by atoms with Crippen LogP contribution in [0.2, 0.25) is 5.02 Å². The predicted octanol–water partition coefficient (Wildman–Crippen LogP) is 4.82. The van der Waals surface area contributed by atoms with Crippen LogP contribution < -0.4 is 10.2 Å². The highest BCUT2D eigenvalue weighted by molar-refractivity contribution is 6.30. The van der Waals surface area contributed by atoms with Gasteiger partial charge in [-0.25, -0.2) is 0 Å².